The van der Waals surface area contributed by atoms with Gasteiger partial charge in [0, 0.05) is 14.5 Å². The van der Waals surface area contributed by atoms with Crippen LogP contribution in [0.1, 0.15) is 5.56 Å². The zero-order chi connectivity index (χ0) is 15.5. The van der Waals surface area contributed by atoms with Crippen LogP contribution in [0.2, 0.25) is 0 Å². The predicted octanol–water partition coefficient (Wildman–Crippen LogP) is 3.66. The van der Waals surface area contributed by atoms with Gasteiger partial charge in [-0.05, 0) is 42.5 Å². The van der Waals surface area contributed by atoms with Crippen molar-refractivity contribution >= 4 is 48.1 Å². The number of nitrogens with zero attached hydrogens (tertiary/aromatic N) is 1. The molecule has 110 valence electrons. The Hall–Kier alpha value is -1.25. The number of benzene rings is 2. The van der Waals surface area contributed by atoms with Crippen LogP contribution in [0, 0.1) is 5.82 Å². The maximum atomic E-state index is 13.5. The molecule has 4 nitrogen and oxygen atoms in total. The lowest BCUT2D eigenvalue weighted by Crippen LogP contribution is -2.18. The minimum Gasteiger partial charge on any atom is -0.206 e. The van der Waals surface area contributed by atoms with E-state index in [0.717, 1.165) is 10.7 Å². The highest BCUT2D eigenvalue weighted by Crippen LogP contribution is 2.15. The van der Waals surface area contributed by atoms with Crippen LogP contribution in [0.3, 0.4) is 0 Å². The molecule has 0 unspecified atom stereocenters. The minimum atomic E-state index is -3.77. The lowest BCUT2D eigenvalue weighted by molar-refractivity contribution is 0.584. The van der Waals surface area contributed by atoms with Gasteiger partial charge in [0.05, 0.1) is 11.1 Å². The van der Waals surface area contributed by atoms with E-state index in [1.807, 2.05) is 4.83 Å². The summed E-state index contributed by atoms with van der Waals surface area (Å²) in [6.45, 7) is 0. The Morgan fingerprint density at radius 2 is 1.67 bits per heavy atom. The molecule has 0 aliphatic heterocycles. The molecule has 0 radical (unpaired) electrons. The van der Waals surface area contributed by atoms with E-state index in [1.165, 1.54) is 24.3 Å². The van der Waals surface area contributed by atoms with Crippen LogP contribution in [0.4, 0.5) is 4.39 Å². The highest BCUT2D eigenvalue weighted by molar-refractivity contribution is 9.10. The van der Waals surface area contributed by atoms with Crippen molar-refractivity contribution in [1.29, 1.82) is 0 Å². The van der Waals surface area contributed by atoms with Crippen molar-refractivity contribution in [3.8, 4) is 0 Å². The quantitative estimate of drug-likeness (QED) is 0.588. The maximum absolute atomic E-state index is 13.5. The van der Waals surface area contributed by atoms with Gasteiger partial charge in [-0.3, -0.25) is 0 Å². The summed E-state index contributed by atoms with van der Waals surface area (Å²) in [5.41, 5.74) is 0.169. The summed E-state index contributed by atoms with van der Waals surface area (Å²) in [6, 6.07) is 10.4. The number of hydrazone groups is 1. The third kappa shape index (κ3) is 4.36. The van der Waals surface area contributed by atoms with Gasteiger partial charge in [-0.1, -0.05) is 31.9 Å². The molecule has 1 N–H and O–H groups in total. The molecule has 8 heteroatoms. The average Bonchev–Trinajstić information content (AvgIpc) is 2.43. The van der Waals surface area contributed by atoms with E-state index in [0.29, 0.717) is 4.47 Å². The molecule has 0 heterocycles. The van der Waals surface area contributed by atoms with Crippen molar-refractivity contribution in [1.82, 2.24) is 4.83 Å². The third-order valence-corrected chi connectivity index (χ3v) is 4.72. The molecule has 0 bridgehead atoms. The summed E-state index contributed by atoms with van der Waals surface area (Å²) in [6.07, 6.45) is 1.11. The number of sulfonamides is 1. The van der Waals surface area contributed by atoms with Gasteiger partial charge in [-0.15, -0.1) is 0 Å². The highest BCUT2D eigenvalue weighted by Gasteiger charge is 2.12. The first-order valence-corrected chi connectivity index (χ1v) is 8.71. The molecule has 0 spiro atoms. The molecule has 0 saturated carbocycles. The van der Waals surface area contributed by atoms with Gasteiger partial charge in [-0.2, -0.15) is 13.5 Å². The first-order chi connectivity index (χ1) is 9.88. The van der Waals surface area contributed by atoms with Crippen LogP contribution in [0.25, 0.3) is 0 Å². The van der Waals surface area contributed by atoms with Crippen LogP contribution in [-0.4, -0.2) is 14.6 Å². The SMILES string of the molecule is O=S(=O)(NN=Cc1cc(Br)ccc1F)c1ccc(Br)cc1. The second kappa shape index (κ2) is 6.67. The average molecular weight is 436 g/mol. The first kappa shape index (κ1) is 16.1. The Balaban J connectivity index is 2.16. The largest absolute Gasteiger partial charge is 0.276 e. The summed E-state index contributed by atoms with van der Waals surface area (Å²) in [7, 11) is -3.77. The lowest BCUT2D eigenvalue weighted by atomic mass is 10.2. The number of halogens is 3. The Bertz CT molecular complexity index is 777. The summed E-state index contributed by atoms with van der Waals surface area (Å²) in [5.74, 6) is -0.496. The minimum absolute atomic E-state index is 0.0672. The number of hydrogen-bond acceptors (Lipinski definition) is 3. The van der Waals surface area contributed by atoms with Gasteiger partial charge in [-0.25, -0.2) is 9.22 Å². The second-order valence-electron chi connectivity index (χ2n) is 3.97. The summed E-state index contributed by atoms with van der Waals surface area (Å²) in [4.78, 5) is 2.10. The Kier molecular flexibility index (Phi) is 5.13. The third-order valence-electron chi connectivity index (χ3n) is 2.46. The van der Waals surface area contributed by atoms with Crippen LogP contribution < -0.4 is 4.83 Å². The number of nitrogens with one attached hydrogen (secondary N) is 1. The monoisotopic (exact) mass is 434 g/mol. The molecule has 21 heavy (non-hydrogen) atoms. The van der Waals surface area contributed by atoms with E-state index >= 15 is 0 Å². The normalized spacial score (nSPS) is 11.8. The van der Waals surface area contributed by atoms with E-state index in [-0.39, 0.29) is 10.5 Å². The topological polar surface area (TPSA) is 58.5 Å². The van der Waals surface area contributed by atoms with E-state index in [9.17, 15) is 12.8 Å². The molecular weight excluding hydrogens is 427 g/mol. The zero-order valence-corrected chi connectivity index (χ0v) is 14.4. The molecule has 0 aliphatic rings. The second-order valence-corrected chi connectivity index (χ2v) is 7.46. The fourth-order valence-corrected chi connectivity index (χ4v) is 2.88. The zero-order valence-electron chi connectivity index (χ0n) is 10.4. The number of rotatable bonds is 4. The van der Waals surface area contributed by atoms with Crippen molar-refractivity contribution in [2.75, 3.05) is 0 Å². The van der Waals surface area contributed by atoms with E-state index < -0.39 is 15.8 Å². The summed E-state index contributed by atoms with van der Waals surface area (Å²) < 4.78 is 38.8. The molecule has 0 aliphatic carbocycles. The molecule has 2 aromatic carbocycles. The van der Waals surface area contributed by atoms with Crippen LogP contribution in [0.15, 0.2) is 61.4 Å². The Morgan fingerprint density at radius 1 is 1.05 bits per heavy atom. The van der Waals surface area contributed by atoms with Crippen LogP contribution in [-0.2, 0) is 10.0 Å². The lowest BCUT2D eigenvalue weighted by Gasteiger charge is -2.03. The van der Waals surface area contributed by atoms with Gasteiger partial charge < -0.3 is 0 Å². The molecular formula is C13H9Br2FN2O2S. The molecule has 0 aromatic heterocycles. The molecule has 0 saturated heterocycles. The molecule has 2 rings (SSSR count). The Morgan fingerprint density at radius 3 is 2.33 bits per heavy atom. The van der Waals surface area contributed by atoms with Crippen molar-refractivity contribution < 1.29 is 12.8 Å². The fourth-order valence-electron chi connectivity index (χ4n) is 1.45. The van der Waals surface area contributed by atoms with Crippen molar-refractivity contribution in [2.24, 2.45) is 5.10 Å². The van der Waals surface area contributed by atoms with E-state index in [4.69, 9.17) is 0 Å². The molecule has 2 aromatic rings. The van der Waals surface area contributed by atoms with E-state index in [2.05, 4.69) is 37.0 Å². The molecule has 0 fully saturated rings. The standard InChI is InChI=1S/C13H9Br2FN2O2S/c14-10-1-4-12(5-2-10)21(19,20)18-17-8-9-7-11(15)3-6-13(9)16/h1-8,18H. The van der Waals surface area contributed by atoms with Crippen molar-refractivity contribution in [3.05, 3.63) is 62.8 Å². The smallest absolute Gasteiger partial charge is 0.206 e. The van der Waals surface area contributed by atoms with Crippen LogP contribution >= 0.6 is 31.9 Å². The van der Waals surface area contributed by atoms with Gasteiger partial charge in [0.15, 0.2) is 0 Å². The van der Waals surface area contributed by atoms with Gasteiger partial charge in [0.2, 0.25) is 0 Å². The predicted molar refractivity (Wildman–Crippen MR) is 86.2 cm³/mol. The fraction of sp³-hybridized carbons (Fsp3) is 0. The maximum Gasteiger partial charge on any atom is 0.276 e. The Labute approximate surface area is 138 Å². The number of hydrogen-bond donors (Lipinski definition) is 1. The van der Waals surface area contributed by atoms with Gasteiger partial charge >= 0.3 is 0 Å². The van der Waals surface area contributed by atoms with Crippen molar-refractivity contribution in [3.63, 3.8) is 0 Å². The molecule has 0 amide bonds. The van der Waals surface area contributed by atoms with Crippen LogP contribution in [0.5, 0.6) is 0 Å². The van der Waals surface area contributed by atoms with Gasteiger partial charge in [0.25, 0.3) is 10.0 Å². The summed E-state index contributed by atoms with van der Waals surface area (Å²) >= 11 is 6.42. The van der Waals surface area contributed by atoms with Gasteiger partial charge in [0.1, 0.15) is 5.82 Å². The molecule has 0 atom stereocenters. The van der Waals surface area contributed by atoms with Crippen molar-refractivity contribution in [2.45, 2.75) is 4.90 Å². The highest BCUT2D eigenvalue weighted by atomic mass is 79.9. The summed E-state index contributed by atoms with van der Waals surface area (Å²) in [5, 5.41) is 3.58. The first-order valence-electron chi connectivity index (χ1n) is 5.64. The van der Waals surface area contributed by atoms with E-state index in [1.54, 1.807) is 18.2 Å².